The molecule has 0 bridgehead atoms. The summed E-state index contributed by atoms with van der Waals surface area (Å²) in [5.41, 5.74) is 2.55. The molecule has 1 amide bonds. The van der Waals surface area contributed by atoms with Crippen LogP contribution in [0.3, 0.4) is 0 Å². The van der Waals surface area contributed by atoms with Crippen LogP contribution in [-0.2, 0) is 21.1 Å². The van der Waals surface area contributed by atoms with Crippen molar-refractivity contribution >= 4 is 11.6 Å². The van der Waals surface area contributed by atoms with Gasteiger partial charge in [0.1, 0.15) is 11.3 Å². The molecule has 202 valence electrons. The number of ether oxygens (including phenoxy) is 1. The van der Waals surface area contributed by atoms with Crippen molar-refractivity contribution in [3.63, 3.8) is 0 Å². The Kier molecular flexibility index (Phi) is 16.9. The van der Waals surface area contributed by atoms with Gasteiger partial charge in [-0.2, -0.15) is 5.10 Å². The van der Waals surface area contributed by atoms with Crippen molar-refractivity contribution < 1.29 is 30.6 Å². The van der Waals surface area contributed by atoms with Crippen LogP contribution in [0.2, 0.25) is 0 Å². The van der Waals surface area contributed by atoms with Crippen molar-refractivity contribution in [1.29, 1.82) is 0 Å². The third-order valence-corrected chi connectivity index (χ3v) is 4.73. The maximum atomic E-state index is 12.9. The number of nitrogens with one attached hydrogen (secondary N) is 1. The van der Waals surface area contributed by atoms with E-state index in [0.29, 0.717) is 22.9 Å². The fourth-order valence-electron chi connectivity index (χ4n) is 3.11. The molecule has 8 heteroatoms. The molecule has 2 aromatic heterocycles. The van der Waals surface area contributed by atoms with Gasteiger partial charge >= 0.3 is 0 Å². The maximum absolute atomic E-state index is 12.9. The van der Waals surface area contributed by atoms with Crippen LogP contribution in [0, 0.1) is 20.0 Å². The third-order valence-electron chi connectivity index (χ3n) is 4.73. The number of aromatic nitrogens is 3. The topological polar surface area (TPSA) is 86.1 Å². The minimum atomic E-state index is -0.474. The standard InChI is InChI=1S/C24H19N4O3.3C2H6.W/c1-16-14-22(31-19-10-11-25-26-15-19)17(2)13-21(16)27-23(29)20-9-6-12-28(24(20)30)18-7-4-3-5-8-18;3*1-2;/h3-14H,1-2H3,(H,27,29);3*1-2H3;/q-1;;;;. The molecular formula is C30H37N4O3W-. The van der Waals surface area contributed by atoms with Crippen molar-refractivity contribution in [3.05, 3.63) is 106 Å². The number of hydrogen-bond acceptors (Lipinski definition) is 5. The predicted octanol–water partition coefficient (Wildman–Crippen LogP) is 7.17. The molecule has 4 rings (SSSR count). The number of pyridine rings is 1. The summed E-state index contributed by atoms with van der Waals surface area (Å²) < 4.78 is 7.24. The number of carbonyl (C=O) groups is 1. The van der Waals surface area contributed by atoms with Gasteiger partial charge in [-0.3, -0.25) is 19.3 Å². The molecule has 0 atom stereocenters. The number of carbonyl (C=O) groups excluding carboxylic acids is 1. The van der Waals surface area contributed by atoms with Crippen molar-refractivity contribution in [3.8, 4) is 17.2 Å². The molecule has 0 aliphatic heterocycles. The first-order valence-electron chi connectivity index (χ1n) is 12.6. The first-order valence-corrected chi connectivity index (χ1v) is 12.6. The molecule has 0 fully saturated rings. The Morgan fingerprint density at radius 3 is 2.16 bits per heavy atom. The zero-order chi connectivity index (χ0) is 27.8. The van der Waals surface area contributed by atoms with Gasteiger partial charge in [-0.1, -0.05) is 65.9 Å². The first-order chi connectivity index (χ1) is 18.0. The number of amides is 1. The summed E-state index contributed by atoms with van der Waals surface area (Å²) in [6.45, 7) is 15.7. The van der Waals surface area contributed by atoms with Gasteiger partial charge in [0.15, 0.2) is 0 Å². The Bertz CT molecular complexity index is 1290. The summed E-state index contributed by atoms with van der Waals surface area (Å²) in [4.78, 5) is 25.8. The second-order valence-corrected chi connectivity index (χ2v) is 6.93. The third kappa shape index (κ3) is 9.38. The Balaban J connectivity index is 0.00000183. The van der Waals surface area contributed by atoms with Gasteiger partial charge in [0.25, 0.3) is 11.5 Å². The minimum Gasteiger partial charge on any atom is -0.494 e. The van der Waals surface area contributed by atoms with Crippen molar-refractivity contribution in [1.82, 2.24) is 14.8 Å². The Morgan fingerprint density at radius 2 is 1.55 bits per heavy atom. The molecule has 2 aromatic carbocycles. The van der Waals surface area contributed by atoms with Gasteiger partial charge in [-0.05, 0) is 73.3 Å². The quantitative estimate of drug-likeness (QED) is 0.226. The van der Waals surface area contributed by atoms with Gasteiger partial charge in [0, 0.05) is 38.6 Å². The number of nitrogens with zero attached hydrogens (tertiary/aromatic N) is 3. The largest absolute Gasteiger partial charge is 0.494 e. The van der Waals surface area contributed by atoms with Crippen LogP contribution in [0.5, 0.6) is 11.5 Å². The van der Waals surface area contributed by atoms with E-state index in [1.165, 1.54) is 16.8 Å². The van der Waals surface area contributed by atoms with Crippen LogP contribution in [0.25, 0.3) is 5.69 Å². The number of anilines is 1. The maximum Gasteiger partial charge on any atom is 0.267 e. The van der Waals surface area contributed by atoms with E-state index in [1.807, 2.05) is 91.8 Å². The molecule has 0 spiro atoms. The van der Waals surface area contributed by atoms with E-state index in [4.69, 9.17) is 4.74 Å². The summed E-state index contributed by atoms with van der Waals surface area (Å²) in [5.74, 6) is 0.587. The first kappa shape index (κ1) is 34.4. The Labute approximate surface area is 240 Å². The van der Waals surface area contributed by atoms with Crippen LogP contribution in [0.4, 0.5) is 5.69 Å². The molecule has 2 heterocycles. The zero-order valence-electron chi connectivity index (χ0n) is 23.4. The van der Waals surface area contributed by atoms with Crippen LogP contribution in [0.1, 0.15) is 63.0 Å². The summed E-state index contributed by atoms with van der Waals surface area (Å²) in [6.07, 6.45) is 5.83. The van der Waals surface area contributed by atoms with Crippen LogP contribution >= 0.6 is 0 Å². The molecule has 0 saturated carbocycles. The average Bonchev–Trinajstić information content (AvgIpc) is 2.96. The fourth-order valence-corrected chi connectivity index (χ4v) is 3.11. The molecule has 38 heavy (non-hydrogen) atoms. The van der Waals surface area contributed by atoms with Gasteiger partial charge in [-0.15, -0.1) is 6.07 Å². The summed E-state index contributed by atoms with van der Waals surface area (Å²) >= 11 is 0. The van der Waals surface area contributed by atoms with E-state index in [9.17, 15) is 9.59 Å². The number of benzene rings is 2. The number of aryl methyl sites for hydroxylation is 2. The van der Waals surface area contributed by atoms with Crippen molar-refractivity contribution in [2.24, 2.45) is 0 Å². The normalized spacial score (nSPS) is 9.05. The van der Waals surface area contributed by atoms with Crippen LogP contribution < -0.4 is 15.6 Å². The predicted molar refractivity (Wildman–Crippen MR) is 151 cm³/mol. The van der Waals surface area contributed by atoms with Gasteiger partial charge in [-0.25, -0.2) is 0 Å². The van der Waals surface area contributed by atoms with Gasteiger partial charge in [0.2, 0.25) is 0 Å². The van der Waals surface area contributed by atoms with Crippen molar-refractivity contribution in [2.75, 3.05) is 5.32 Å². The van der Waals surface area contributed by atoms with Crippen molar-refractivity contribution in [2.45, 2.75) is 55.4 Å². The van der Waals surface area contributed by atoms with E-state index < -0.39 is 5.91 Å². The number of rotatable bonds is 5. The molecule has 0 aliphatic rings. The molecular weight excluding hydrogens is 648 g/mol. The Hall–Kier alpha value is -3.57. The molecule has 0 aliphatic carbocycles. The van der Waals surface area contributed by atoms with Crippen LogP contribution in [-0.4, -0.2) is 20.7 Å². The van der Waals surface area contributed by atoms with Gasteiger partial charge < -0.3 is 10.1 Å². The van der Waals surface area contributed by atoms with E-state index >= 15 is 0 Å². The fraction of sp³-hybridized carbons (Fsp3) is 0.267. The van der Waals surface area contributed by atoms with E-state index in [-0.39, 0.29) is 32.2 Å². The average molecular weight is 685 g/mol. The molecule has 7 nitrogen and oxygen atoms in total. The van der Waals surface area contributed by atoms with E-state index in [2.05, 4.69) is 21.7 Å². The molecule has 1 N–H and O–H groups in total. The second-order valence-electron chi connectivity index (χ2n) is 6.93. The van der Waals surface area contributed by atoms with E-state index in [0.717, 1.165) is 11.1 Å². The monoisotopic (exact) mass is 685 g/mol. The summed E-state index contributed by atoms with van der Waals surface area (Å²) in [6, 6.07) is 17.6. The molecule has 0 saturated heterocycles. The molecule has 0 unspecified atom stereocenters. The smallest absolute Gasteiger partial charge is 0.267 e. The minimum absolute atomic E-state index is 0. The summed E-state index contributed by atoms with van der Waals surface area (Å²) in [7, 11) is 0. The SMILES string of the molecule is CC.CC.CC.Cc1cc(Oc2[c-]nncc2)c(C)cc1NC(=O)c1cccn(-c2ccccc2)c1=O.[W]. The van der Waals surface area contributed by atoms with E-state index in [1.54, 1.807) is 24.4 Å². The van der Waals surface area contributed by atoms with Crippen LogP contribution in [0.15, 0.2) is 77.9 Å². The number of hydrogen-bond donors (Lipinski definition) is 1. The molecule has 0 radical (unpaired) electrons. The summed E-state index contributed by atoms with van der Waals surface area (Å²) in [5, 5.41) is 10.2. The Morgan fingerprint density at radius 1 is 0.895 bits per heavy atom. The number of para-hydroxylation sites is 1. The second kappa shape index (κ2) is 18.6. The molecule has 4 aromatic rings. The zero-order valence-corrected chi connectivity index (χ0v) is 26.3. The van der Waals surface area contributed by atoms with Gasteiger partial charge in [0.05, 0.1) is 0 Å².